The van der Waals surface area contributed by atoms with E-state index in [0.29, 0.717) is 18.1 Å². The zero-order chi connectivity index (χ0) is 13.8. The maximum Gasteiger partial charge on any atom is 0.236 e. The van der Waals surface area contributed by atoms with Gasteiger partial charge in [-0.05, 0) is 7.05 Å². The normalized spacial score (nSPS) is 16.1. The van der Waals surface area contributed by atoms with Crippen LogP contribution in [0.1, 0.15) is 5.69 Å². The van der Waals surface area contributed by atoms with Gasteiger partial charge in [0.05, 0.1) is 23.5 Å². The smallest absolute Gasteiger partial charge is 0.236 e. The van der Waals surface area contributed by atoms with Gasteiger partial charge in [0.15, 0.2) is 0 Å². The van der Waals surface area contributed by atoms with Crippen molar-refractivity contribution in [2.45, 2.75) is 6.54 Å². The predicted molar refractivity (Wildman–Crippen MR) is 74.0 cm³/mol. The van der Waals surface area contributed by atoms with Crippen LogP contribution in [0.4, 0.5) is 0 Å². The number of carbonyl (C=O) groups is 1. The molecule has 2 heterocycles. The van der Waals surface area contributed by atoms with E-state index in [1.54, 1.807) is 10.9 Å². The first-order valence-corrected chi connectivity index (χ1v) is 6.79. The Morgan fingerprint density at radius 3 is 2.79 bits per heavy atom. The fourth-order valence-corrected chi connectivity index (χ4v) is 2.40. The van der Waals surface area contributed by atoms with Crippen LogP contribution >= 0.6 is 11.6 Å². The molecule has 0 spiro atoms. The SMILES string of the molecule is CN(CC(=O)N1CCNCC1)Cc1c(Cl)cnn1C. The van der Waals surface area contributed by atoms with E-state index >= 15 is 0 Å². The van der Waals surface area contributed by atoms with Crippen molar-refractivity contribution < 1.29 is 4.79 Å². The molecule has 6 nitrogen and oxygen atoms in total. The van der Waals surface area contributed by atoms with E-state index in [-0.39, 0.29) is 5.91 Å². The van der Waals surface area contributed by atoms with Gasteiger partial charge < -0.3 is 10.2 Å². The molecule has 1 aromatic heterocycles. The van der Waals surface area contributed by atoms with Crippen LogP contribution in [0, 0.1) is 0 Å². The summed E-state index contributed by atoms with van der Waals surface area (Å²) in [5.41, 5.74) is 0.928. The van der Waals surface area contributed by atoms with E-state index in [0.717, 1.165) is 31.9 Å². The predicted octanol–water partition coefficient (Wildman–Crippen LogP) is -0.0629. The molecule has 7 heteroatoms. The van der Waals surface area contributed by atoms with E-state index in [9.17, 15) is 4.79 Å². The molecule has 1 fully saturated rings. The minimum atomic E-state index is 0.169. The summed E-state index contributed by atoms with van der Waals surface area (Å²) in [4.78, 5) is 16.0. The Morgan fingerprint density at radius 1 is 1.53 bits per heavy atom. The number of aromatic nitrogens is 2. The highest BCUT2D eigenvalue weighted by Crippen LogP contribution is 2.15. The lowest BCUT2D eigenvalue weighted by molar-refractivity contribution is -0.132. The van der Waals surface area contributed by atoms with E-state index in [4.69, 9.17) is 11.6 Å². The Bertz CT molecular complexity index is 422. The second kappa shape index (κ2) is 6.36. The largest absolute Gasteiger partial charge is 0.339 e. The van der Waals surface area contributed by atoms with Gasteiger partial charge in [-0.3, -0.25) is 14.4 Å². The summed E-state index contributed by atoms with van der Waals surface area (Å²) >= 11 is 6.06. The first-order chi connectivity index (χ1) is 9.08. The molecule has 0 bridgehead atoms. The van der Waals surface area contributed by atoms with Crippen LogP contribution in [-0.4, -0.2) is 65.3 Å². The number of piperazine rings is 1. The number of hydrogen-bond acceptors (Lipinski definition) is 4. The summed E-state index contributed by atoms with van der Waals surface area (Å²) < 4.78 is 1.74. The van der Waals surface area contributed by atoms with Crippen molar-refractivity contribution in [3.8, 4) is 0 Å². The highest BCUT2D eigenvalue weighted by atomic mass is 35.5. The fraction of sp³-hybridized carbons (Fsp3) is 0.667. The van der Waals surface area contributed by atoms with E-state index < -0.39 is 0 Å². The number of amides is 1. The number of carbonyl (C=O) groups excluding carboxylic acids is 1. The van der Waals surface area contributed by atoms with Gasteiger partial charge in [0, 0.05) is 39.8 Å². The van der Waals surface area contributed by atoms with E-state index in [1.165, 1.54) is 0 Å². The Morgan fingerprint density at radius 2 is 2.21 bits per heavy atom. The van der Waals surface area contributed by atoms with E-state index in [2.05, 4.69) is 10.4 Å². The number of likely N-dealkylation sites (N-methyl/N-ethyl adjacent to an activating group) is 1. The topological polar surface area (TPSA) is 53.4 Å². The molecule has 2 rings (SSSR count). The molecule has 1 N–H and O–H groups in total. The number of nitrogens with one attached hydrogen (secondary N) is 1. The molecule has 0 aliphatic carbocycles. The molecular formula is C12H20ClN5O. The van der Waals surface area contributed by atoms with E-state index in [1.807, 2.05) is 23.9 Å². The second-order valence-electron chi connectivity index (χ2n) is 4.87. The second-order valence-corrected chi connectivity index (χ2v) is 5.27. The van der Waals surface area contributed by atoms with Gasteiger partial charge in [-0.1, -0.05) is 11.6 Å². The molecule has 1 aliphatic heterocycles. The lowest BCUT2D eigenvalue weighted by Gasteiger charge is -2.29. The van der Waals surface area contributed by atoms with Crippen LogP contribution < -0.4 is 5.32 Å². The number of rotatable bonds is 4. The summed E-state index contributed by atoms with van der Waals surface area (Å²) in [5, 5.41) is 7.97. The molecule has 1 saturated heterocycles. The van der Waals surface area contributed by atoms with Gasteiger partial charge >= 0.3 is 0 Å². The minimum Gasteiger partial charge on any atom is -0.339 e. The molecule has 106 valence electrons. The Hall–Kier alpha value is -1.11. The van der Waals surface area contributed by atoms with Crippen LogP contribution in [0.15, 0.2) is 6.20 Å². The van der Waals surface area contributed by atoms with Crippen molar-refractivity contribution in [3.05, 3.63) is 16.9 Å². The molecule has 0 radical (unpaired) electrons. The van der Waals surface area contributed by atoms with Gasteiger partial charge in [0.2, 0.25) is 5.91 Å². The van der Waals surface area contributed by atoms with Crippen molar-refractivity contribution in [3.63, 3.8) is 0 Å². The molecule has 0 unspecified atom stereocenters. The standard InChI is InChI=1S/C12H20ClN5O/c1-16(8-11-10(13)7-15-17(11)2)9-12(19)18-5-3-14-4-6-18/h7,14H,3-6,8-9H2,1-2H3. The molecule has 1 aliphatic rings. The average molecular weight is 286 g/mol. The first kappa shape index (κ1) is 14.3. The summed E-state index contributed by atoms with van der Waals surface area (Å²) in [6, 6.07) is 0. The van der Waals surface area contributed by atoms with Crippen molar-refractivity contribution in [2.24, 2.45) is 7.05 Å². The third kappa shape index (κ3) is 3.68. The third-order valence-corrected chi connectivity index (χ3v) is 3.62. The summed E-state index contributed by atoms with van der Waals surface area (Å²) in [6.45, 7) is 4.36. The number of aryl methyl sites for hydroxylation is 1. The monoisotopic (exact) mass is 285 g/mol. The molecule has 1 amide bonds. The van der Waals surface area contributed by atoms with Gasteiger partial charge in [0.1, 0.15) is 0 Å². The quantitative estimate of drug-likeness (QED) is 0.842. The molecule has 0 aromatic carbocycles. The van der Waals surface area contributed by atoms with Crippen LogP contribution in [0.2, 0.25) is 5.02 Å². The lowest BCUT2D eigenvalue weighted by Crippen LogP contribution is -2.49. The van der Waals surface area contributed by atoms with Crippen molar-refractivity contribution in [2.75, 3.05) is 39.8 Å². The molecule has 0 saturated carbocycles. The zero-order valence-electron chi connectivity index (χ0n) is 11.4. The molecule has 1 aromatic rings. The molecule has 0 atom stereocenters. The summed E-state index contributed by atoms with van der Waals surface area (Å²) in [5.74, 6) is 0.169. The van der Waals surface area contributed by atoms with Crippen molar-refractivity contribution in [1.82, 2.24) is 24.9 Å². The van der Waals surface area contributed by atoms with Crippen LogP contribution in [0.25, 0.3) is 0 Å². The fourth-order valence-electron chi connectivity index (χ4n) is 2.17. The van der Waals surface area contributed by atoms with Gasteiger partial charge in [0.25, 0.3) is 0 Å². The first-order valence-electron chi connectivity index (χ1n) is 6.41. The van der Waals surface area contributed by atoms with Crippen LogP contribution in [0.5, 0.6) is 0 Å². The third-order valence-electron chi connectivity index (χ3n) is 3.31. The highest BCUT2D eigenvalue weighted by Gasteiger charge is 2.18. The minimum absolute atomic E-state index is 0.169. The van der Waals surface area contributed by atoms with Crippen LogP contribution in [-0.2, 0) is 18.4 Å². The average Bonchev–Trinajstić information content (AvgIpc) is 2.71. The summed E-state index contributed by atoms with van der Waals surface area (Å²) in [6.07, 6.45) is 1.63. The molecular weight excluding hydrogens is 266 g/mol. The van der Waals surface area contributed by atoms with Gasteiger partial charge in [-0.25, -0.2) is 0 Å². The van der Waals surface area contributed by atoms with Crippen molar-refractivity contribution >= 4 is 17.5 Å². The van der Waals surface area contributed by atoms with Crippen LogP contribution in [0.3, 0.4) is 0 Å². The van der Waals surface area contributed by atoms with Gasteiger partial charge in [-0.2, -0.15) is 5.10 Å². The Balaban J connectivity index is 1.87. The number of nitrogens with zero attached hydrogens (tertiary/aromatic N) is 4. The summed E-state index contributed by atoms with van der Waals surface area (Å²) in [7, 11) is 3.77. The van der Waals surface area contributed by atoms with Crippen molar-refractivity contribution in [1.29, 1.82) is 0 Å². The number of halogens is 1. The maximum absolute atomic E-state index is 12.1. The Labute approximate surface area is 118 Å². The molecule has 19 heavy (non-hydrogen) atoms. The highest BCUT2D eigenvalue weighted by molar-refractivity contribution is 6.31. The lowest BCUT2D eigenvalue weighted by atomic mass is 10.3. The number of hydrogen-bond donors (Lipinski definition) is 1. The van der Waals surface area contributed by atoms with Gasteiger partial charge in [-0.15, -0.1) is 0 Å². The maximum atomic E-state index is 12.1. The Kier molecular flexibility index (Phi) is 4.79. The zero-order valence-corrected chi connectivity index (χ0v) is 12.2.